The Morgan fingerprint density at radius 1 is 0.852 bits per heavy atom. The topological polar surface area (TPSA) is 66.4 Å². The molecule has 2 rings (SSSR count). The van der Waals surface area contributed by atoms with E-state index in [2.05, 4.69) is 6.92 Å². The van der Waals surface area contributed by atoms with Crippen molar-refractivity contribution in [3.63, 3.8) is 0 Å². The predicted molar refractivity (Wildman–Crippen MR) is 101 cm³/mol. The number of benzene rings is 1. The van der Waals surface area contributed by atoms with Gasteiger partial charge < -0.3 is 9.84 Å². The van der Waals surface area contributed by atoms with E-state index in [9.17, 15) is 14.7 Å². The number of rotatable bonds is 12. The van der Waals surface area contributed by atoms with Gasteiger partial charge in [0.15, 0.2) is 11.6 Å². The maximum absolute atomic E-state index is 12.0. The second-order valence-electron chi connectivity index (χ2n) is 6.93. The maximum Gasteiger partial charge on any atom is 1.00 e. The molecule has 0 spiro atoms. The summed E-state index contributed by atoms with van der Waals surface area (Å²) < 4.78 is 5.69. The molecule has 0 N–H and O–H groups in total. The van der Waals surface area contributed by atoms with Crippen LogP contribution in [0, 0.1) is 0 Å². The second kappa shape index (κ2) is 13.1. The zero-order valence-corrected chi connectivity index (χ0v) is 18.7. The predicted octanol–water partition coefficient (Wildman–Crippen LogP) is 1.61. The number of carbonyl (C=O) groups excluding carboxylic acids is 2. The number of allylic oxidation sites excluding steroid dienone is 1. The van der Waals surface area contributed by atoms with Gasteiger partial charge in [0.05, 0.1) is 12.2 Å². The third-order valence-electron chi connectivity index (χ3n) is 4.85. The van der Waals surface area contributed by atoms with Gasteiger partial charge in [-0.05, 0) is 24.6 Å². The molecule has 0 atom stereocenters. The summed E-state index contributed by atoms with van der Waals surface area (Å²) in [6, 6.07) is 4.83. The van der Waals surface area contributed by atoms with Crippen molar-refractivity contribution >= 4 is 11.6 Å². The Bertz CT molecular complexity index is 652. The van der Waals surface area contributed by atoms with Crippen molar-refractivity contribution in [2.24, 2.45) is 0 Å². The molecule has 0 unspecified atom stereocenters. The van der Waals surface area contributed by atoms with Gasteiger partial charge in [0.1, 0.15) is 5.75 Å². The average molecular weight is 380 g/mol. The van der Waals surface area contributed by atoms with Crippen LogP contribution >= 0.6 is 0 Å². The molecule has 27 heavy (non-hydrogen) atoms. The van der Waals surface area contributed by atoms with Gasteiger partial charge in [0, 0.05) is 11.1 Å². The molecule has 0 saturated heterocycles. The number of hydrogen-bond donors (Lipinski definition) is 0. The molecule has 0 heterocycles. The zero-order valence-electron chi connectivity index (χ0n) is 16.7. The van der Waals surface area contributed by atoms with Crippen molar-refractivity contribution in [3.05, 3.63) is 41.2 Å². The van der Waals surface area contributed by atoms with E-state index in [1.807, 2.05) is 0 Å². The van der Waals surface area contributed by atoms with Crippen LogP contribution in [0.2, 0.25) is 0 Å². The third kappa shape index (κ3) is 7.10. The fourth-order valence-corrected chi connectivity index (χ4v) is 3.28. The first-order chi connectivity index (χ1) is 12.7. The zero-order chi connectivity index (χ0) is 18.8. The van der Waals surface area contributed by atoms with Crippen molar-refractivity contribution in [3.8, 4) is 5.75 Å². The molecular weight excluding hydrogens is 351 g/mol. The minimum atomic E-state index is -0.496. The van der Waals surface area contributed by atoms with E-state index in [0.717, 1.165) is 12.8 Å². The Morgan fingerprint density at radius 3 is 2.00 bits per heavy atom. The van der Waals surface area contributed by atoms with Crippen molar-refractivity contribution in [2.45, 2.75) is 71.1 Å². The fourth-order valence-electron chi connectivity index (χ4n) is 3.28. The van der Waals surface area contributed by atoms with Crippen LogP contribution in [0.15, 0.2) is 30.0 Å². The number of carbonyl (C=O) groups is 2. The number of ketones is 2. The summed E-state index contributed by atoms with van der Waals surface area (Å²) in [7, 11) is 0. The van der Waals surface area contributed by atoms with Crippen molar-refractivity contribution in [2.75, 3.05) is 6.61 Å². The summed E-state index contributed by atoms with van der Waals surface area (Å²) in [5, 5.41) is 10.9. The minimum absolute atomic E-state index is 0. The van der Waals surface area contributed by atoms with Crippen LogP contribution in [0.4, 0.5) is 0 Å². The van der Waals surface area contributed by atoms with Crippen LogP contribution in [0.25, 0.3) is 0 Å². The molecule has 1 aliphatic carbocycles. The van der Waals surface area contributed by atoms with E-state index in [0.29, 0.717) is 24.2 Å². The van der Waals surface area contributed by atoms with E-state index in [1.165, 1.54) is 51.4 Å². The Morgan fingerprint density at radius 2 is 1.41 bits per heavy atom. The quantitative estimate of drug-likeness (QED) is 0.182. The van der Waals surface area contributed by atoms with Crippen LogP contribution < -0.4 is 39.4 Å². The summed E-state index contributed by atoms with van der Waals surface area (Å²) in [5.74, 6) is -0.404. The molecule has 0 saturated carbocycles. The largest absolute Gasteiger partial charge is 1.00 e. The Labute approximate surface area is 184 Å². The molecule has 0 amide bonds. The molecule has 142 valence electrons. The van der Waals surface area contributed by atoms with Gasteiger partial charge in [0.2, 0.25) is 0 Å². The summed E-state index contributed by atoms with van der Waals surface area (Å²) in [4.78, 5) is 23.9. The standard InChI is InChI=1S/C22H30O4.Na/c1-2-3-4-5-6-7-8-9-10-11-14-26-17-12-13-18-19(15-17)22(25)20(16-23)21(18)24;/h12-13,15-16,23H,2-11,14H2,1H3;/q;+1/p-1/b20-16-;. The van der Waals surface area contributed by atoms with Gasteiger partial charge in [-0.2, -0.15) is 0 Å². The Hall–Kier alpha value is -1.10. The first kappa shape index (κ1) is 23.9. The number of fused-ring (bicyclic) bond motifs is 1. The van der Waals surface area contributed by atoms with Gasteiger partial charge >= 0.3 is 29.6 Å². The number of hydrogen-bond acceptors (Lipinski definition) is 4. The van der Waals surface area contributed by atoms with Crippen LogP contribution in [-0.2, 0) is 0 Å². The summed E-state index contributed by atoms with van der Waals surface area (Å²) in [6.07, 6.45) is 13.0. The van der Waals surface area contributed by atoms with Crippen molar-refractivity contribution in [1.29, 1.82) is 0 Å². The first-order valence-electron chi connectivity index (χ1n) is 9.87. The van der Waals surface area contributed by atoms with E-state index in [1.54, 1.807) is 18.2 Å². The van der Waals surface area contributed by atoms with E-state index in [4.69, 9.17) is 4.74 Å². The molecular formula is C22H29NaO4. The molecule has 0 aromatic heterocycles. The van der Waals surface area contributed by atoms with Gasteiger partial charge in [-0.3, -0.25) is 9.59 Å². The van der Waals surface area contributed by atoms with Gasteiger partial charge in [-0.25, -0.2) is 0 Å². The Balaban J connectivity index is 0.00000364. The fraction of sp³-hybridized carbons (Fsp3) is 0.545. The van der Waals surface area contributed by atoms with Crippen molar-refractivity contribution < 1.29 is 49.0 Å². The molecule has 1 aromatic rings. The van der Waals surface area contributed by atoms with Crippen molar-refractivity contribution in [1.82, 2.24) is 0 Å². The first-order valence-corrected chi connectivity index (χ1v) is 9.87. The van der Waals surface area contributed by atoms with E-state index >= 15 is 0 Å². The van der Waals surface area contributed by atoms with Crippen LogP contribution in [0.3, 0.4) is 0 Å². The molecule has 4 nitrogen and oxygen atoms in total. The normalized spacial score (nSPS) is 14.3. The maximum atomic E-state index is 12.0. The third-order valence-corrected chi connectivity index (χ3v) is 4.85. The number of Topliss-reactive ketones (excluding diaryl/α,β-unsaturated/α-hetero) is 2. The summed E-state index contributed by atoms with van der Waals surface area (Å²) in [6.45, 7) is 2.84. The van der Waals surface area contributed by atoms with Gasteiger partial charge in [0.25, 0.3) is 0 Å². The molecule has 0 aliphatic heterocycles. The minimum Gasteiger partial charge on any atom is -0.877 e. The molecule has 1 aromatic carbocycles. The molecule has 0 bridgehead atoms. The smallest absolute Gasteiger partial charge is 0.877 e. The summed E-state index contributed by atoms with van der Waals surface area (Å²) in [5.41, 5.74) is 0.285. The molecule has 0 fully saturated rings. The molecule has 5 heteroatoms. The van der Waals surface area contributed by atoms with Gasteiger partial charge in [-0.1, -0.05) is 64.7 Å². The molecule has 0 radical (unpaired) electrons. The van der Waals surface area contributed by atoms with Crippen LogP contribution in [0.1, 0.15) is 91.8 Å². The van der Waals surface area contributed by atoms with Crippen LogP contribution in [-0.4, -0.2) is 18.2 Å². The van der Waals surface area contributed by atoms with Crippen LogP contribution in [0.5, 0.6) is 5.75 Å². The SMILES string of the molecule is CCCCCCCCCCCCOc1ccc2c(c1)C(=O)/C(=C\[O-])C2=O.[Na+]. The average Bonchev–Trinajstić information content (AvgIpc) is 2.89. The summed E-state index contributed by atoms with van der Waals surface area (Å²) >= 11 is 0. The molecule has 1 aliphatic rings. The second-order valence-corrected chi connectivity index (χ2v) is 6.93. The van der Waals surface area contributed by atoms with E-state index < -0.39 is 11.6 Å². The van der Waals surface area contributed by atoms with E-state index in [-0.39, 0.29) is 40.7 Å². The Kier molecular flexibility index (Phi) is 11.7. The van der Waals surface area contributed by atoms with Gasteiger partial charge in [-0.15, -0.1) is 6.26 Å². The number of ether oxygens (including phenoxy) is 1. The number of unbranched alkanes of at least 4 members (excludes halogenated alkanes) is 9. The monoisotopic (exact) mass is 380 g/mol.